The molecule has 0 aromatic rings. The molecule has 1 aliphatic rings. The van der Waals surface area contributed by atoms with Gasteiger partial charge in [-0.2, -0.15) is 0 Å². The molecule has 1 amide bonds. The lowest BCUT2D eigenvalue weighted by atomic mass is 9.96. The normalized spacial score (nSPS) is 20.9. The third-order valence-electron chi connectivity index (χ3n) is 3.24. The SMILES string of the molecule is COCCCNC(=O)C(C)OC1CCC(=NO)CC1. The predicted octanol–water partition coefficient (Wildman–Crippen LogP) is 1.32. The highest BCUT2D eigenvalue weighted by atomic mass is 16.5. The average Bonchev–Trinajstić information content (AvgIpc) is 2.44. The zero-order valence-electron chi connectivity index (χ0n) is 11.7. The van der Waals surface area contributed by atoms with Gasteiger partial charge in [-0.3, -0.25) is 4.79 Å². The molecule has 6 nitrogen and oxygen atoms in total. The van der Waals surface area contributed by atoms with Crippen LogP contribution in [0.3, 0.4) is 0 Å². The van der Waals surface area contributed by atoms with Crippen LogP contribution in [0.5, 0.6) is 0 Å². The topological polar surface area (TPSA) is 80.2 Å². The minimum atomic E-state index is -0.444. The molecule has 19 heavy (non-hydrogen) atoms. The van der Waals surface area contributed by atoms with Crippen LogP contribution < -0.4 is 5.32 Å². The summed E-state index contributed by atoms with van der Waals surface area (Å²) in [4.78, 5) is 11.8. The largest absolute Gasteiger partial charge is 0.411 e. The Morgan fingerprint density at radius 2 is 2.21 bits per heavy atom. The molecule has 0 bridgehead atoms. The number of oxime groups is 1. The van der Waals surface area contributed by atoms with Gasteiger partial charge in [-0.1, -0.05) is 5.16 Å². The lowest BCUT2D eigenvalue weighted by Gasteiger charge is -2.25. The van der Waals surface area contributed by atoms with Crippen molar-refractivity contribution in [1.82, 2.24) is 5.32 Å². The van der Waals surface area contributed by atoms with E-state index in [4.69, 9.17) is 14.7 Å². The molecule has 1 rings (SSSR count). The van der Waals surface area contributed by atoms with Gasteiger partial charge in [0.05, 0.1) is 11.8 Å². The summed E-state index contributed by atoms with van der Waals surface area (Å²) >= 11 is 0. The van der Waals surface area contributed by atoms with Crippen molar-refractivity contribution in [2.75, 3.05) is 20.3 Å². The molecule has 0 aromatic carbocycles. The Morgan fingerprint density at radius 1 is 1.53 bits per heavy atom. The first-order valence-corrected chi connectivity index (χ1v) is 6.79. The molecule has 2 N–H and O–H groups in total. The van der Waals surface area contributed by atoms with Crippen LogP contribution in [0.1, 0.15) is 39.0 Å². The number of ether oxygens (including phenoxy) is 2. The summed E-state index contributed by atoms with van der Waals surface area (Å²) in [6, 6.07) is 0. The zero-order chi connectivity index (χ0) is 14.1. The van der Waals surface area contributed by atoms with Gasteiger partial charge in [0.25, 0.3) is 0 Å². The summed E-state index contributed by atoms with van der Waals surface area (Å²) in [5.41, 5.74) is 0.816. The number of methoxy groups -OCH3 is 1. The quantitative estimate of drug-likeness (QED) is 0.416. The maximum Gasteiger partial charge on any atom is 0.248 e. The second kappa shape index (κ2) is 8.87. The number of carbonyl (C=O) groups is 1. The Kier molecular flexibility index (Phi) is 7.43. The number of nitrogens with one attached hydrogen (secondary N) is 1. The molecule has 6 heteroatoms. The molecule has 0 aromatic heterocycles. The third-order valence-corrected chi connectivity index (χ3v) is 3.24. The number of amides is 1. The predicted molar refractivity (Wildman–Crippen MR) is 71.5 cm³/mol. The van der Waals surface area contributed by atoms with Crippen molar-refractivity contribution in [2.45, 2.75) is 51.2 Å². The highest BCUT2D eigenvalue weighted by molar-refractivity contribution is 5.84. The van der Waals surface area contributed by atoms with E-state index in [9.17, 15) is 4.79 Å². The fraction of sp³-hybridized carbons (Fsp3) is 0.846. The van der Waals surface area contributed by atoms with Crippen LogP contribution in [0.2, 0.25) is 0 Å². The van der Waals surface area contributed by atoms with Crippen LogP contribution in [0.15, 0.2) is 5.16 Å². The second-order valence-corrected chi connectivity index (χ2v) is 4.78. The van der Waals surface area contributed by atoms with E-state index < -0.39 is 6.10 Å². The van der Waals surface area contributed by atoms with Crippen LogP contribution >= 0.6 is 0 Å². The van der Waals surface area contributed by atoms with Crippen molar-refractivity contribution in [1.29, 1.82) is 0 Å². The highest BCUT2D eigenvalue weighted by Gasteiger charge is 2.23. The van der Waals surface area contributed by atoms with Crippen molar-refractivity contribution >= 4 is 11.6 Å². The fourth-order valence-electron chi connectivity index (χ4n) is 2.08. The first kappa shape index (κ1) is 15.9. The lowest BCUT2D eigenvalue weighted by Crippen LogP contribution is -2.38. The Hall–Kier alpha value is -1.14. The van der Waals surface area contributed by atoms with Gasteiger partial charge in [-0.15, -0.1) is 0 Å². The molecule has 0 radical (unpaired) electrons. The summed E-state index contributed by atoms with van der Waals surface area (Å²) in [7, 11) is 1.64. The Balaban J connectivity index is 2.19. The Bertz CT molecular complexity index is 297. The molecule has 0 heterocycles. The minimum absolute atomic E-state index is 0.0743. The van der Waals surface area contributed by atoms with Gasteiger partial charge < -0.3 is 20.0 Å². The summed E-state index contributed by atoms with van der Waals surface area (Å²) in [5.74, 6) is -0.0854. The summed E-state index contributed by atoms with van der Waals surface area (Å²) < 4.78 is 10.6. The molecule has 0 aliphatic heterocycles. The van der Waals surface area contributed by atoms with E-state index in [2.05, 4.69) is 10.5 Å². The standard InChI is InChI=1S/C13H24N2O4/c1-10(13(16)14-8-3-9-18-2)19-12-6-4-11(15-17)5-7-12/h10,12,17H,3-9H2,1-2H3,(H,14,16). The molecule has 1 atom stereocenters. The van der Waals surface area contributed by atoms with E-state index in [1.165, 1.54) is 0 Å². The van der Waals surface area contributed by atoms with Crippen LogP contribution in [0.25, 0.3) is 0 Å². The van der Waals surface area contributed by atoms with Crippen molar-refractivity contribution in [3.63, 3.8) is 0 Å². The van der Waals surface area contributed by atoms with Crippen LogP contribution in [0.4, 0.5) is 0 Å². The number of rotatable bonds is 7. The lowest BCUT2D eigenvalue weighted by molar-refractivity contribution is -0.136. The van der Waals surface area contributed by atoms with Gasteiger partial charge in [0.1, 0.15) is 6.10 Å². The van der Waals surface area contributed by atoms with Crippen molar-refractivity contribution < 1.29 is 19.5 Å². The Morgan fingerprint density at radius 3 is 2.79 bits per heavy atom. The molecule has 1 saturated carbocycles. The van der Waals surface area contributed by atoms with Crippen LogP contribution in [0, 0.1) is 0 Å². The molecule has 1 aliphatic carbocycles. The van der Waals surface area contributed by atoms with E-state index in [-0.39, 0.29) is 12.0 Å². The molecular weight excluding hydrogens is 248 g/mol. The van der Waals surface area contributed by atoms with Gasteiger partial charge in [0.2, 0.25) is 5.91 Å². The molecule has 0 spiro atoms. The van der Waals surface area contributed by atoms with Crippen molar-refractivity contribution in [2.24, 2.45) is 5.16 Å². The van der Waals surface area contributed by atoms with Crippen molar-refractivity contribution in [3.05, 3.63) is 0 Å². The first-order chi connectivity index (χ1) is 9.17. The second-order valence-electron chi connectivity index (χ2n) is 4.78. The molecule has 1 unspecified atom stereocenters. The van der Waals surface area contributed by atoms with Gasteiger partial charge in [-0.25, -0.2) is 0 Å². The summed E-state index contributed by atoms with van der Waals surface area (Å²) in [5, 5.41) is 14.7. The van der Waals surface area contributed by atoms with E-state index in [1.54, 1.807) is 14.0 Å². The van der Waals surface area contributed by atoms with Crippen LogP contribution in [-0.2, 0) is 14.3 Å². The number of hydrogen-bond acceptors (Lipinski definition) is 5. The van der Waals surface area contributed by atoms with Gasteiger partial charge >= 0.3 is 0 Å². The monoisotopic (exact) mass is 272 g/mol. The molecule has 1 fully saturated rings. The van der Waals surface area contributed by atoms with E-state index in [0.29, 0.717) is 13.2 Å². The maximum absolute atomic E-state index is 11.8. The highest BCUT2D eigenvalue weighted by Crippen LogP contribution is 2.20. The fourth-order valence-corrected chi connectivity index (χ4v) is 2.08. The van der Waals surface area contributed by atoms with Gasteiger partial charge in [-0.05, 0) is 39.0 Å². The van der Waals surface area contributed by atoms with E-state index >= 15 is 0 Å². The molecule has 0 saturated heterocycles. The van der Waals surface area contributed by atoms with E-state index in [1.807, 2.05) is 0 Å². The number of hydrogen-bond donors (Lipinski definition) is 2. The smallest absolute Gasteiger partial charge is 0.248 e. The number of carbonyl (C=O) groups excluding carboxylic acids is 1. The van der Waals surface area contributed by atoms with Crippen molar-refractivity contribution in [3.8, 4) is 0 Å². The molecule has 110 valence electrons. The summed E-state index contributed by atoms with van der Waals surface area (Å²) in [6.07, 6.45) is 3.52. The minimum Gasteiger partial charge on any atom is -0.411 e. The zero-order valence-corrected chi connectivity index (χ0v) is 11.7. The van der Waals surface area contributed by atoms with Gasteiger partial charge in [0.15, 0.2) is 0 Å². The maximum atomic E-state index is 11.8. The Labute approximate surface area is 114 Å². The first-order valence-electron chi connectivity index (χ1n) is 6.79. The molecular formula is C13H24N2O4. The van der Waals surface area contributed by atoms with E-state index in [0.717, 1.165) is 37.8 Å². The average molecular weight is 272 g/mol. The number of nitrogens with zero attached hydrogens (tertiary/aromatic N) is 1. The van der Waals surface area contributed by atoms with Crippen LogP contribution in [-0.4, -0.2) is 49.3 Å². The summed E-state index contributed by atoms with van der Waals surface area (Å²) in [6.45, 7) is 3.01. The van der Waals surface area contributed by atoms with Gasteiger partial charge in [0, 0.05) is 20.3 Å². The third kappa shape index (κ3) is 6.02.